The summed E-state index contributed by atoms with van der Waals surface area (Å²) < 4.78 is 29.3. The van der Waals surface area contributed by atoms with E-state index in [-0.39, 0.29) is 28.9 Å². The van der Waals surface area contributed by atoms with Crippen molar-refractivity contribution in [2.24, 2.45) is 5.92 Å². The molecule has 0 bridgehead atoms. The number of pyridine rings is 1. The molecule has 2 aromatic carbocycles. The van der Waals surface area contributed by atoms with Crippen LogP contribution >= 0.6 is 0 Å². The number of benzene rings is 2. The van der Waals surface area contributed by atoms with Crippen LogP contribution in [0.5, 0.6) is 0 Å². The SMILES string of the molecule is CC1CCN(S(=O)(=O)c2ccc3c(ccc(=O)n3CC(=O)N[C@@H]3CCCc4ccccc43)c2)CC1. The number of carbonyl (C=O) groups is 1. The van der Waals surface area contributed by atoms with Gasteiger partial charge in [-0.15, -0.1) is 0 Å². The van der Waals surface area contributed by atoms with Crippen LogP contribution in [0.4, 0.5) is 0 Å². The smallest absolute Gasteiger partial charge is 0.251 e. The molecule has 7 nitrogen and oxygen atoms in total. The molecular weight excluding hydrogens is 462 g/mol. The molecule has 1 aliphatic carbocycles. The molecule has 0 unspecified atom stereocenters. The number of piperidine rings is 1. The van der Waals surface area contributed by atoms with Gasteiger partial charge < -0.3 is 5.32 Å². The Morgan fingerprint density at radius 2 is 1.80 bits per heavy atom. The van der Waals surface area contributed by atoms with Gasteiger partial charge in [0, 0.05) is 19.2 Å². The van der Waals surface area contributed by atoms with Crippen molar-refractivity contribution < 1.29 is 13.2 Å². The lowest BCUT2D eigenvalue weighted by molar-refractivity contribution is -0.122. The van der Waals surface area contributed by atoms with Gasteiger partial charge in [0.05, 0.1) is 16.5 Å². The van der Waals surface area contributed by atoms with Crippen LogP contribution < -0.4 is 10.9 Å². The van der Waals surface area contributed by atoms with E-state index in [0.29, 0.717) is 29.9 Å². The Morgan fingerprint density at radius 1 is 1.03 bits per heavy atom. The summed E-state index contributed by atoms with van der Waals surface area (Å²) in [5, 5.41) is 3.71. The number of nitrogens with zero attached hydrogens (tertiary/aromatic N) is 2. The highest BCUT2D eigenvalue weighted by atomic mass is 32.2. The third-order valence-electron chi connectivity index (χ3n) is 7.35. The van der Waals surface area contributed by atoms with Crippen LogP contribution in [0.15, 0.2) is 64.3 Å². The maximum atomic E-state index is 13.2. The Hall–Kier alpha value is -2.97. The van der Waals surface area contributed by atoms with Gasteiger partial charge in [-0.1, -0.05) is 31.2 Å². The van der Waals surface area contributed by atoms with Gasteiger partial charge in [-0.3, -0.25) is 14.2 Å². The summed E-state index contributed by atoms with van der Waals surface area (Å²) in [4.78, 5) is 25.9. The summed E-state index contributed by atoms with van der Waals surface area (Å²) in [5.74, 6) is 0.293. The zero-order chi connectivity index (χ0) is 24.6. The standard InChI is InChI=1S/C27H31N3O4S/c1-19-13-15-29(16-14-19)35(33,34)22-10-11-25-21(17-22)9-12-27(32)30(25)18-26(31)28-24-8-4-6-20-5-2-3-7-23(20)24/h2-3,5,7,9-12,17,19,24H,4,6,8,13-16,18H2,1H3,(H,28,31)/t24-/m1/s1. The second-order valence-corrected chi connectivity index (χ2v) is 11.7. The molecule has 2 heterocycles. The lowest BCUT2D eigenvalue weighted by atomic mass is 9.88. The van der Waals surface area contributed by atoms with Crippen molar-refractivity contribution in [1.29, 1.82) is 0 Å². The van der Waals surface area contributed by atoms with E-state index in [0.717, 1.165) is 37.7 Å². The highest BCUT2D eigenvalue weighted by Crippen LogP contribution is 2.29. The van der Waals surface area contributed by atoms with Crippen LogP contribution in [0.2, 0.25) is 0 Å². The molecule has 2 aliphatic rings. The number of aromatic nitrogens is 1. The monoisotopic (exact) mass is 493 g/mol. The maximum Gasteiger partial charge on any atom is 0.251 e. The van der Waals surface area contributed by atoms with Crippen molar-refractivity contribution >= 4 is 26.8 Å². The maximum absolute atomic E-state index is 13.2. The summed E-state index contributed by atoms with van der Waals surface area (Å²) in [6.07, 6.45) is 4.58. The Bertz CT molecular complexity index is 1420. The van der Waals surface area contributed by atoms with E-state index in [2.05, 4.69) is 24.4 Å². The number of sulfonamides is 1. The minimum absolute atomic E-state index is 0.0675. The molecule has 1 aromatic heterocycles. The minimum Gasteiger partial charge on any atom is -0.348 e. The van der Waals surface area contributed by atoms with Crippen molar-refractivity contribution in [1.82, 2.24) is 14.2 Å². The van der Waals surface area contributed by atoms with E-state index in [1.165, 1.54) is 16.2 Å². The number of hydrogen-bond acceptors (Lipinski definition) is 4. The van der Waals surface area contributed by atoms with E-state index < -0.39 is 10.0 Å². The van der Waals surface area contributed by atoms with Crippen molar-refractivity contribution in [2.75, 3.05) is 13.1 Å². The first-order valence-corrected chi connectivity index (χ1v) is 13.8. The average Bonchev–Trinajstić information content (AvgIpc) is 2.86. The number of fused-ring (bicyclic) bond motifs is 2. The Labute approximate surface area is 205 Å². The minimum atomic E-state index is -3.60. The van der Waals surface area contributed by atoms with Gasteiger partial charge in [-0.2, -0.15) is 4.31 Å². The van der Waals surface area contributed by atoms with Gasteiger partial charge >= 0.3 is 0 Å². The fourth-order valence-electron chi connectivity index (χ4n) is 5.27. The molecule has 1 amide bonds. The van der Waals surface area contributed by atoms with Gasteiger partial charge in [-0.25, -0.2) is 8.42 Å². The topological polar surface area (TPSA) is 88.5 Å². The first-order chi connectivity index (χ1) is 16.8. The molecule has 3 aromatic rings. The third-order valence-corrected chi connectivity index (χ3v) is 9.24. The van der Waals surface area contributed by atoms with Crippen LogP contribution in [0.3, 0.4) is 0 Å². The molecule has 1 fully saturated rings. The Morgan fingerprint density at radius 3 is 2.60 bits per heavy atom. The largest absolute Gasteiger partial charge is 0.348 e. The Balaban J connectivity index is 1.39. The Kier molecular flexibility index (Phi) is 6.51. The zero-order valence-electron chi connectivity index (χ0n) is 19.9. The van der Waals surface area contributed by atoms with Gasteiger partial charge in [0.25, 0.3) is 5.56 Å². The number of nitrogens with one attached hydrogen (secondary N) is 1. The number of amides is 1. The molecule has 1 saturated heterocycles. The van der Waals surface area contributed by atoms with E-state index in [1.54, 1.807) is 28.6 Å². The third kappa shape index (κ3) is 4.77. The lowest BCUT2D eigenvalue weighted by Gasteiger charge is -2.29. The quantitative estimate of drug-likeness (QED) is 0.588. The van der Waals surface area contributed by atoms with Crippen LogP contribution in [0, 0.1) is 5.92 Å². The second kappa shape index (κ2) is 9.59. The molecule has 35 heavy (non-hydrogen) atoms. The molecule has 1 aliphatic heterocycles. The average molecular weight is 494 g/mol. The van der Waals surface area contributed by atoms with Crippen molar-refractivity contribution in [2.45, 2.75) is 56.5 Å². The molecular formula is C27H31N3O4S. The van der Waals surface area contributed by atoms with E-state index in [1.807, 2.05) is 12.1 Å². The van der Waals surface area contributed by atoms with Crippen molar-refractivity contribution in [3.8, 4) is 0 Å². The molecule has 5 rings (SSSR count). The van der Waals surface area contributed by atoms with Crippen LogP contribution in [0.25, 0.3) is 10.9 Å². The molecule has 1 atom stereocenters. The fourth-order valence-corrected chi connectivity index (χ4v) is 6.77. The first-order valence-electron chi connectivity index (χ1n) is 12.3. The van der Waals surface area contributed by atoms with Crippen molar-refractivity contribution in [3.63, 3.8) is 0 Å². The number of rotatable bonds is 5. The second-order valence-electron chi connectivity index (χ2n) is 9.78. The fraction of sp³-hybridized carbons (Fsp3) is 0.407. The first kappa shape index (κ1) is 23.8. The predicted octanol–water partition coefficient (Wildman–Crippen LogP) is 3.62. The van der Waals surface area contributed by atoms with Gasteiger partial charge in [0.2, 0.25) is 15.9 Å². The summed E-state index contributed by atoms with van der Waals surface area (Å²) in [5.41, 5.74) is 2.64. The van der Waals surface area contributed by atoms with Crippen LogP contribution in [0.1, 0.15) is 49.8 Å². The lowest BCUT2D eigenvalue weighted by Crippen LogP contribution is -2.38. The van der Waals surface area contributed by atoms with Crippen molar-refractivity contribution in [3.05, 3.63) is 76.1 Å². The summed E-state index contributed by atoms with van der Waals surface area (Å²) >= 11 is 0. The normalized spacial score (nSPS) is 19.4. The van der Waals surface area contributed by atoms with Crippen LogP contribution in [-0.4, -0.2) is 36.3 Å². The predicted molar refractivity (Wildman–Crippen MR) is 136 cm³/mol. The highest BCUT2D eigenvalue weighted by Gasteiger charge is 2.28. The number of hydrogen-bond donors (Lipinski definition) is 1. The summed E-state index contributed by atoms with van der Waals surface area (Å²) in [6.45, 7) is 3.06. The van der Waals surface area contributed by atoms with E-state index in [9.17, 15) is 18.0 Å². The van der Waals surface area contributed by atoms with Crippen LogP contribution in [-0.2, 0) is 27.8 Å². The number of carbonyl (C=O) groups excluding carboxylic acids is 1. The molecule has 184 valence electrons. The zero-order valence-corrected chi connectivity index (χ0v) is 20.8. The molecule has 0 radical (unpaired) electrons. The molecule has 8 heteroatoms. The van der Waals surface area contributed by atoms with Gasteiger partial charge in [0.15, 0.2) is 0 Å². The molecule has 1 N–H and O–H groups in total. The summed E-state index contributed by atoms with van der Waals surface area (Å²) in [6, 6.07) is 15.9. The van der Waals surface area contributed by atoms with Gasteiger partial charge in [-0.05, 0) is 78.8 Å². The highest BCUT2D eigenvalue weighted by molar-refractivity contribution is 7.89. The van der Waals surface area contributed by atoms with E-state index >= 15 is 0 Å². The van der Waals surface area contributed by atoms with Gasteiger partial charge in [0.1, 0.15) is 6.54 Å². The molecule has 0 spiro atoms. The summed E-state index contributed by atoms with van der Waals surface area (Å²) in [7, 11) is -3.60. The van der Waals surface area contributed by atoms with E-state index in [4.69, 9.17) is 0 Å². The molecule has 0 saturated carbocycles. The number of aryl methyl sites for hydroxylation is 1.